The minimum atomic E-state index is 0.643. The van der Waals surface area contributed by atoms with E-state index in [0.29, 0.717) is 6.04 Å². The fraction of sp³-hybridized carbons (Fsp3) is 0.700. The van der Waals surface area contributed by atoms with Crippen molar-refractivity contribution in [1.29, 1.82) is 0 Å². The number of rotatable bonds is 2. The molecule has 1 fully saturated rings. The van der Waals surface area contributed by atoms with Crippen LogP contribution >= 0.6 is 0 Å². The molecule has 1 aliphatic carbocycles. The lowest BCUT2D eigenvalue weighted by molar-refractivity contribution is 0.272. The minimum Gasteiger partial charge on any atom is -0.334 e. The molecule has 1 aromatic rings. The van der Waals surface area contributed by atoms with E-state index in [0.717, 1.165) is 12.5 Å². The van der Waals surface area contributed by atoms with E-state index in [-0.39, 0.29) is 0 Å². The Bertz CT molecular complexity index is 243. The Morgan fingerprint density at radius 3 is 3.08 bits per heavy atom. The molecular weight excluding hydrogens is 162 g/mol. The van der Waals surface area contributed by atoms with Crippen LogP contribution < -0.4 is 5.73 Å². The Hall–Kier alpha value is -0.830. The molecule has 72 valence electrons. The van der Waals surface area contributed by atoms with Gasteiger partial charge in [0, 0.05) is 18.4 Å². The van der Waals surface area contributed by atoms with Crippen LogP contribution in [0.3, 0.4) is 0 Å². The van der Waals surface area contributed by atoms with Crippen molar-refractivity contribution in [3.05, 3.63) is 18.7 Å². The molecule has 0 saturated heterocycles. The van der Waals surface area contributed by atoms with Gasteiger partial charge in [-0.3, -0.25) is 0 Å². The molecule has 13 heavy (non-hydrogen) atoms. The molecule has 0 spiro atoms. The molecule has 3 heteroatoms. The molecule has 1 aliphatic rings. The van der Waals surface area contributed by atoms with Crippen LogP contribution in [0.25, 0.3) is 0 Å². The second-order valence-electron chi connectivity index (χ2n) is 3.93. The molecule has 0 radical (unpaired) electrons. The summed E-state index contributed by atoms with van der Waals surface area (Å²) in [5.41, 5.74) is 5.69. The fourth-order valence-corrected chi connectivity index (χ4v) is 2.23. The lowest BCUT2D eigenvalue weighted by atomic mass is 9.86. The van der Waals surface area contributed by atoms with Crippen LogP contribution in [0.2, 0.25) is 0 Å². The molecule has 2 unspecified atom stereocenters. The highest BCUT2D eigenvalue weighted by molar-refractivity contribution is 4.84. The van der Waals surface area contributed by atoms with Gasteiger partial charge < -0.3 is 10.3 Å². The number of imidazole rings is 1. The number of nitrogens with zero attached hydrogens (tertiary/aromatic N) is 2. The fourth-order valence-electron chi connectivity index (χ4n) is 2.23. The van der Waals surface area contributed by atoms with Crippen LogP contribution in [-0.2, 0) is 0 Å². The maximum Gasteiger partial charge on any atom is 0.0948 e. The van der Waals surface area contributed by atoms with E-state index >= 15 is 0 Å². The first kappa shape index (κ1) is 8.75. The van der Waals surface area contributed by atoms with Crippen LogP contribution in [0.15, 0.2) is 18.7 Å². The second kappa shape index (κ2) is 3.92. The Morgan fingerprint density at radius 1 is 1.46 bits per heavy atom. The lowest BCUT2D eigenvalue weighted by Crippen LogP contribution is -2.23. The van der Waals surface area contributed by atoms with Crippen molar-refractivity contribution < 1.29 is 0 Å². The molecule has 2 N–H and O–H groups in total. The first-order valence-electron chi connectivity index (χ1n) is 5.07. The normalized spacial score (nSPS) is 29.0. The predicted molar refractivity (Wildman–Crippen MR) is 52.3 cm³/mol. The van der Waals surface area contributed by atoms with Gasteiger partial charge in [0.2, 0.25) is 0 Å². The first-order valence-corrected chi connectivity index (χ1v) is 5.07. The van der Waals surface area contributed by atoms with Gasteiger partial charge >= 0.3 is 0 Å². The largest absolute Gasteiger partial charge is 0.334 e. The maximum atomic E-state index is 5.69. The van der Waals surface area contributed by atoms with Crippen molar-refractivity contribution in [1.82, 2.24) is 9.55 Å². The van der Waals surface area contributed by atoms with E-state index in [1.165, 1.54) is 25.7 Å². The molecule has 1 saturated carbocycles. The standard InChI is InChI=1S/C10H17N3/c11-7-9-2-1-3-10(6-9)13-5-4-12-8-13/h4-5,8-10H,1-3,6-7,11H2. The summed E-state index contributed by atoms with van der Waals surface area (Å²) in [4.78, 5) is 4.08. The molecule has 2 atom stereocenters. The third-order valence-electron chi connectivity index (χ3n) is 3.03. The summed E-state index contributed by atoms with van der Waals surface area (Å²) in [6.07, 6.45) is 11.0. The van der Waals surface area contributed by atoms with Crippen LogP contribution in [0.1, 0.15) is 31.7 Å². The molecule has 0 amide bonds. The summed E-state index contributed by atoms with van der Waals surface area (Å²) in [5, 5.41) is 0. The molecule has 0 bridgehead atoms. The Morgan fingerprint density at radius 2 is 2.38 bits per heavy atom. The summed E-state index contributed by atoms with van der Waals surface area (Å²) in [7, 11) is 0. The van der Waals surface area contributed by atoms with E-state index in [2.05, 4.69) is 15.7 Å². The Labute approximate surface area is 79.0 Å². The van der Waals surface area contributed by atoms with Gasteiger partial charge in [0.05, 0.1) is 6.33 Å². The van der Waals surface area contributed by atoms with Crippen molar-refractivity contribution in [3.63, 3.8) is 0 Å². The van der Waals surface area contributed by atoms with Crippen LogP contribution in [0.4, 0.5) is 0 Å². The van der Waals surface area contributed by atoms with Gasteiger partial charge in [0.15, 0.2) is 0 Å². The molecular formula is C10H17N3. The minimum absolute atomic E-state index is 0.643. The van der Waals surface area contributed by atoms with Gasteiger partial charge in [0.1, 0.15) is 0 Å². The lowest BCUT2D eigenvalue weighted by Gasteiger charge is -2.28. The summed E-state index contributed by atoms with van der Waals surface area (Å²) in [5.74, 6) is 0.723. The topological polar surface area (TPSA) is 43.8 Å². The smallest absolute Gasteiger partial charge is 0.0948 e. The zero-order valence-corrected chi connectivity index (χ0v) is 7.89. The SMILES string of the molecule is NCC1CCCC(n2ccnc2)C1. The molecule has 0 aromatic carbocycles. The highest BCUT2D eigenvalue weighted by Crippen LogP contribution is 2.31. The van der Waals surface area contributed by atoms with Crippen molar-refractivity contribution in [2.24, 2.45) is 11.7 Å². The maximum absolute atomic E-state index is 5.69. The number of aromatic nitrogens is 2. The van der Waals surface area contributed by atoms with Gasteiger partial charge in [-0.25, -0.2) is 4.98 Å². The third-order valence-corrected chi connectivity index (χ3v) is 3.03. The van der Waals surface area contributed by atoms with Crippen molar-refractivity contribution in [2.75, 3.05) is 6.54 Å². The van der Waals surface area contributed by atoms with Crippen molar-refractivity contribution in [2.45, 2.75) is 31.7 Å². The number of hydrogen-bond donors (Lipinski definition) is 1. The van der Waals surface area contributed by atoms with Crippen LogP contribution in [0.5, 0.6) is 0 Å². The van der Waals surface area contributed by atoms with E-state index in [9.17, 15) is 0 Å². The van der Waals surface area contributed by atoms with Gasteiger partial charge in [-0.1, -0.05) is 6.42 Å². The number of hydrogen-bond acceptors (Lipinski definition) is 2. The van der Waals surface area contributed by atoms with Gasteiger partial charge in [-0.05, 0) is 31.7 Å². The summed E-state index contributed by atoms with van der Waals surface area (Å²) >= 11 is 0. The Balaban J connectivity index is 2.00. The van der Waals surface area contributed by atoms with E-state index in [1.54, 1.807) is 0 Å². The molecule has 1 aromatic heterocycles. The zero-order valence-electron chi connectivity index (χ0n) is 7.89. The number of nitrogens with two attached hydrogens (primary N) is 1. The highest BCUT2D eigenvalue weighted by atomic mass is 15.0. The average molecular weight is 179 g/mol. The van der Waals surface area contributed by atoms with Crippen LogP contribution in [-0.4, -0.2) is 16.1 Å². The van der Waals surface area contributed by atoms with Crippen molar-refractivity contribution >= 4 is 0 Å². The van der Waals surface area contributed by atoms with Gasteiger partial charge in [-0.2, -0.15) is 0 Å². The second-order valence-corrected chi connectivity index (χ2v) is 3.93. The van der Waals surface area contributed by atoms with E-state index in [4.69, 9.17) is 5.73 Å². The first-order chi connectivity index (χ1) is 6.40. The summed E-state index contributed by atoms with van der Waals surface area (Å²) in [6, 6.07) is 0.643. The van der Waals surface area contributed by atoms with E-state index in [1.807, 2.05) is 12.5 Å². The van der Waals surface area contributed by atoms with Crippen LogP contribution in [0, 0.1) is 5.92 Å². The highest BCUT2D eigenvalue weighted by Gasteiger charge is 2.21. The zero-order chi connectivity index (χ0) is 9.10. The molecule has 0 aliphatic heterocycles. The molecule has 2 rings (SSSR count). The predicted octanol–water partition coefficient (Wildman–Crippen LogP) is 1.57. The summed E-state index contributed by atoms with van der Waals surface area (Å²) < 4.78 is 2.22. The van der Waals surface area contributed by atoms with Gasteiger partial charge in [-0.15, -0.1) is 0 Å². The van der Waals surface area contributed by atoms with Crippen molar-refractivity contribution in [3.8, 4) is 0 Å². The Kier molecular flexibility index (Phi) is 2.64. The monoisotopic (exact) mass is 179 g/mol. The molecule has 1 heterocycles. The average Bonchev–Trinajstić information content (AvgIpc) is 2.71. The van der Waals surface area contributed by atoms with Gasteiger partial charge in [0.25, 0.3) is 0 Å². The van der Waals surface area contributed by atoms with E-state index < -0.39 is 0 Å². The molecule has 3 nitrogen and oxygen atoms in total. The third kappa shape index (κ3) is 1.91. The quantitative estimate of drug-likeness (QED) is 0.749. The summed E-state index contributed by atoms with van der Waals surface area (Å²) in [6.45, 7) is 0.838.